The minimum Gasteiger partial charge on any atom is -0.493 e. The largest absolute Gasteiger partial charge is 0.493 e. The van der Waals surface area contributed by atoms with E-state index in [9.17, 15) is 0 Å². The van der Waals surface area contributed by atoms with Gasteiger partial charge in [-0.3, -0.25) is 0 Å². The maximum absolute atomic E-state index is 6.17. The van der Waals surface area contributed by atoms with Crippen LogP contribution in [0.2, 0.25) is 0 Å². The summed E-state index contributed by atoms with van der Waals surface area (Å²) in [6.45, 7) is 5.81. The minimum atomic E-state index is -0.482. The molecule has 17 heavy (non-hydrogen) atoms. The molecule has 0 aliphatic carbocycles. The minimum absolute atomic E-state index is 0.248. The van der Waals surface area contributed by atoms with Crippen LogP contribution in [0.3, 0.4) is 0 Å². The third kappa shape index (κ3) is 2.90. The van der Waals surface area contributed by atoms with E-state index in [4.69, 9.17) is 20.9 Å². The summed E-state index contributed by atoms with van der Waals surface area (Å²) in [7, 11) is 3.22. The highest BCUT2D eigenvalue weighted by molar-refractivity contribution is 5.48. The van der Waals surface area contributed by atoms with Crippen LogP contribution < -0.4 is 20.9 Å². The van der Waals surface area contributed by atoms with Gasteiger partial charge in [0.2, 0.25) is 0 Å². The molecule has 96 valence electrons. The molecule has 1 rings (SSSR count). The van der Waals surface area contributed by atoms with Crippen molar-refractivity contribution in [1.82, 2.24) is 0 Å². The van der Waals surface area contributed by atoms with E-state index in [2.05, 4.69) is 0 Å². The Labute approximate surface area is 103 Å². The zero-order chi connectivity index (χ0) is 13.2. The van der Waals surface area contributed by atoms with Gasteiger partial charge in [-0.05, 0) is 44.0 Å². The van der Waals surface area contributed by atoms with Gasteiger partial charge in [-0.2, -0.15) is 0 Å². The van der Waals surface area contributed by atoms with Crippen LogP contribution in [0.4, 0.5) is 0 Å². The maximum Gasteiger partial charge on any atom is 0.161 e. The first kappa shape index (κ1) is 13.8. The molecular weight excluding hydrogens is 216 g/mol. The molecule has 0 aliphatic rings. The number of rotatable bonds is 4. The molecule has 1 atom stereocenters. The van der Waals surface area contributed by atoms with Gasteiger partial charge >= 0.3 is 0 Å². The average Bonchev–Trinajstić information content (AvgIpc) is 2.26. The van der Waals surface area contributed by atoms with Gasteiger partial charge in [-0.15, -0.1) is 0 Å². The highest BCUT2D eigenvalue weighted by Gasteiger charge is 2.25. The summed E-state index contributed by atoms with van der Waals surface area (Å²) in [5, 5.41) is 0. The predicted octanol–water partition coefficient (Wildman–Crippen LogP) is 1.75. The summed E-state index contributed by atoms with van der Waals surface area (Å²) in [5.74, 6) is 1.38. The van der Waals surface area contributed by atoms with Crippen molar-refractivity contribution in [3.8, 4) is 11.5 Å². The lowest BCUT2D eigenvalue weighted by Gasteiger charge is -2.29. The van der Waals surface area contributed by atoms with Gasteiger partial charge in [0.25, 0.3) is 0 Å². The van der Waals surface area contributed by atoms with E-state index in [1.165, 1.54) is 0 Å². The number of aryl methyl sites for hydroxylation is 1. The molecule has 0 aliphatic heterocycles. The summed E-state index contributed by atoms with van der Waals surface area (Å²) in [4.78, 5) is 0. The quantitative estimate of drug-likeness (QED) is 0.838. The SMILES string of the molecule is COc1cc(C)c(C(N)C(C)(C)N)cc1OC. The lowest BCUT2D eigenvalue weighted by Crippen LogP contribution is -2.44. The Kier molecular flexibility index (Phi) is 4.01. The lowest BCUT2D eigenvalue weighted by atomic mass is 9.88. The molecule has 1 unspecified atom stereocenters. The fraction of sp³-hybridized carbons (Fsp3) is 0.538. The second kappa shape index (κ2) is 4.94. The maximum atomic E-state index is 6.17. The van der Waals surface area contributed by atoms with E-state index in [-0.39, 0.29) is 6.04 Å². The lowest BCUT2D eigenvalue weighted by molar-refractivity contribution is 0.352. The van der Waals surface area contributed by atoms with Crippen LogP contribution in [0.25, 0.3) is 0 Å². The molecule has 0 fully saturated rings. The molecule has 0 bridgehead atoms. The van der Waals surface area contributed by atoms with Crippen LogP contribution >= 0.6 is 0 Å². The van der Waals surface area contributed by atoms with Crippen LogP contribution in [0.5, 0.6) is 11.5 Å². The summed E-state index contributed by atoms with van der Waals surface area (Å²) < 4.78 is 10.5. The monoisotopic (exact) mass is 238 g/mol. The zero-order valence-corrected chi connectivity index (χ0v) is 11.2. The van der Waals surface area contributed by atoms with Gasteiger partial charge < -0.3 is 20.9 Å². The summed E-state index contributed by atoms with van der Waals surface area (Å²) in [6.07, 6.45) is 0. The molecule has 0 heterocycles. The first-order valence-electron chi connectivity index (χ1n) is 5.58. The molecular formula is C13H22N2O2. The molecule has 4 heteroatoms. The van der Waals surface area contributed by atoms with Crippen molar-refractivity contribution in [2.24, 2.45) is 11.5 Å². The van der Waals surface area contributed by atoms with Gasteiger partial charge in [0.05, 0.1) is 14.2 Å². The van der Waals surface area contributed by atoms with E-state index in [1.807, 2.05) is 32.9 Å². The molecule has 0 radical (unpaired) electrons. The van der Waals surface area contributed by atoms with Gasteiger partial charge in [-0.1, -0.05) is 0 Å². The molecule has 1 aromatic carbocycles. The van der Waals surface area contributed by atoms with Gasteiger partial charge in [-0.25, -0.2) is 0 Å². The standard InChI is InChI=1S/C13H22N2O2/c1-8-6-10(16-4)11(17-5)7-9(8)12(14)13(2,3)15/h6-7,12H,14-15H2,1-5H3. The molecule has 4 nitrogen and oxygen atoms in total. The van der Waals surface area contributed by atoms with E-state index >= 15 is 0 Å². The molecule has 0 spiro atoms. The van der Waals surface area contributed by atoms with Crippen LogP contribution in [-0.2, 0) is 0 Å². The van der Waals surface area contributed by atoms with Crippen LogP contribution in [0, 0.1) is 6.92 Å². The van der Waals surface area contributed by atoms with Crippen molar-refractivity contribution in [2.75, 3.05) is 14.2 Å². The summed E-state index contributed by atoms with van der Waals surface area (Å²) in [6, 6.07) is 3.56. The Hall–Kier alpha value is -1.26. The number of nitrogens with two attached hydrogens (primary N) is 2. The van der Waals surface area contributed by atoms with Crippen molar-refractivity contribution in [1.29, 1.82) is 0 Å². The van der Waals surface area contributed by atoms with Crippen LogP contribution in [-0.4, -0.2) is 19.8 Å². The number of benzene rings is 1. The fourth-order valence-electron chi connectivity index (χ4n) is 1.73. The normalized spacial score (nSPS) is 13.4. The van der Waals surface area contributed by atoms with E-state index < -0.39 is 5.54 Å². The third-order valence-corrected chi connectivity index (χ3v) is 2.91. The van der Waals surface area contributed by atoms with Crippen molar-refractivity contribution < 1.29 is 9.47 Å². The first-order chi connectivity index (χ1) is 7.81. The molecule has 0 amide bonds. The Bertz CT molecular complexity index is 397. The Morgan fingerprint density at radius 2 is 1.59 bits per heavy atom. The van der Waals surface area contributed by atoms with Crippen molar-refractivity contribution in [3.05, 3.63) is 23.3 Å². The van der Waals surface area contributed by atoms with Crippen molar-refractivity contribution in [3.63, 3.8) is 0 Å². The van der Waals surface area contributed by atoms with E-state index in [0.717, 1.165) is 11.1 Å². The number of hydrogen-bond acceptors (Lipinski definition) is 4. The van der Waals surface area contributed by atoms with Crippen LogP contribution in [0.1, 0.15) is 31.0 Å². The van der Waals surface area contributed by atoms with Crippen LogP contribution in [0.15, 0.2) is 12.1 Å². The first-order valence-corrected chi connectivity index (χ1v) is 5.58. The number of methoxy groups -OCH3 is 2. The number of hydrogen-bond donors (Lipinski definition) is 2. The van der Waals surface area contributed by atoms with Gasteiger partial charge in [0.15, 0.2) is 11.5 Å². The van der Waals surface area contributed by atoms with Gasteiger partial charge in [0, 0.05) is 11.6 Å². The second-order valence-corrected chi connectivity index (χ2v) is 4.86. The Morgan fingerprint density at radius 3 is 2.00 bits per heavy atom. The Morgan fingerprint density at radius 1 is 1.12 bits per heavy atom. The average molecular weight is 238 g/mol. The summed E-state index contributed by atoms with van der Waals surface area (Å²) in [5.41, 5.74) is 13.8. The second-order valence-electron chi connectivity index (χ2n) is 4.86. The van der Waals surface area contributed by atoms with E-state index in [1.54, 1.807) is 14.2 Å². The highest BCUT2D eigenvalue weighted by Crippen LogP contribution is 2.34. The molecule has 4 N–H and O–H groups in total. The third-order valence-electron chi connectivity index (χ3n) is 2.91. The fourth-order valence-corrected chi connectivity index (χ4v) is 1.73. The van der Waals surface area contributed by atoms with Crippen molar-refractivity contribution >= 4 is 0 Å². The molecule has 0 saturated carbocycles. The topological polar surface area (TPSA) is 70.5 Å². The Balaban J connectivity index is 3.26. The predicted molar refractivity (Wildman–Crippen MR) is 69.5 cm³/mol. The van der Waals surface area contributed by atoms with E-state index in [0.29, 0.717) is 11.5 Å². The molecule has 0 saturated heterocycles. The smallest absolute Gasteiger partial charge is 0.161 e. The highest BCUT2D eigenvalue weighted by atomic mass is 16.5. The molecule has 1 aromatic rings. The zero-order valence-electron chi connectivity index (χ0n) is 11.2. The molecule has 0 aromatic heterocycles. The number of ether oxygens (including phenoxy) is 2. The summed E-state index contributed by atoms with van der Waals surface area (Å²) >= 11 is 0. The van der Waals surface area contributed by atoms with Crippen molar-refractivity contribution in [2.45, 2.75) is 32.4 Å². The van der Waals surface area contributed by atoms with Gasteiger partial charge in [0.1, 0.15) is 0 Å².